The molecule has 0 aliphatic heterocycles. The number of hydrogen-bond donors (Lipinski definition) is 2. The standard InChI is InChI=1S/C21H22N2O6/c1-13(24)16-5-4-6-17(11-16)23-20(26)14(2)29-19(25)12-22-21(27)15-7-9-18(28-3)10-8-15/h4-11,14H,12H2,1-3H3,(H,22,27)(H,23,26)/t14-/m1/s1. The number of Topliss-reactive ketones (excluding diaryl/α,β-unsaturated/α-hetero) is 1. The first-order valence-electron chi connectivity index (χ1n) is 8.83. The molecule has 0 heterocycles. The lowest BCUT2D eigenvalue weighted by Gasteiger charge is -2.14. The largest absolute Gasteiger partial charge is 0.497 e. The minimum atomic E-state index is -1.08. The van der Waals surface area contributed by atoms with Crippen molar-refractivity contribution in [1.82, 2.24) is 5.32 Å². The summed E-state index contributed by atoms with van der Waals surface area (Å²) in [6, 6.07) is 12.8. The second-order valence-electron chi connectivity index (χ2n) is 6.17. The topological polar surface area (TPSA) is 111 Å². The maximum atomic E-state index is 12.2. The van der Waals surface area contributed by atoms with Crippen molar-refractivity contribution >= 4 is 29.3 Å². The SMILES string of the molecule is COc1ccc(C(=O)NCC(=O)O[C@H](C)C(=O)Nc2cccc(C(C)=O)c2)cc1. The van der Waals surface area contributed by atoms with Crippen molar-refractivity contribution in [3.8, 4) is 5.75 Å². The van der Waals surface area contributed by atoms with Gasteiger partial charge in [-0.05, 0) is 50.2 Å². The van der Waals surface area contributed by atoms with Crippen molar-refractivity contribution in [2.45, 2.75) is 20.0 Å². The lowest BCUT2D eigenvalue weighted by atomic mass is 10.1. The van der Waals surface area contributed by atoms with Crippen molar-refractivity contribution in [2.75, 3.05) is 19.0 Å². The first-order valence-corrected chi connectivity index (χ1v) is 8.83. The number of carbonyl (C=O) groups excluding carboxylic acids is 4. The van der Waals surface area contributed by atoms with Crippen LogP contribution in [-0.4, -0.2) is 43.3 Å². The Bertz CT molecular complexity index is 908. The van der Waals surface area contributed by atoms with Gasteiger partial charge in [-0.2, -0.15) is 0 Å². The summed E-state index contributed by atoms with van der Waals surface area (Å²) in [4.78, 5) is 47.5. The molecule has 2 rings (SSSR count). The van der Waals surface area contributed by atoms with Crippen LogP contribution in [-0.2, 0) is 14.3 Å². The summed E-state index contributed by atoms with van der Waals surface area (Å²) in [5.41, 5.74) is 1.22. The van der Waals surface area contributed by atoms with Crippen LogP contribution >= 0.6 is 0 Å². The number of methoxy groups -OCH3 is 1. The molecule has 2 amide bonds. The number of ether oxygens (including phenoxy) is 2. The molecule has 29 heavy (non-hydrogen) atoms. The van der Waals surface area contributed by atoms with E-state index >= 15 is 0 Å². The molecule has 0 unspecified atom stereocenters. The summed E-state index contributed by atoms with van der Waals surface area (Å²) in [5, 5.41) is 5.00. The van der Waals surface area contributed by atoms with Crippen LogP contribution < -0.4 is 15.4 Å². The average molecular weight is 398 g/mol. The number of anilines is 1. The summed E-state index contributed by atoms with van der Waals surface area (Å²) in [6.07, 6.45) is -1.08. The van der Waals surface area contributed by atoms with Gasteiger partial charge in [0, 0.05) is 16.8 Å². The zero-order valence-corrected chi connectivity index (χ0v) is 16.4. The number of rotatable bonds is 8. The number of amides is 2. The van der Waals surface area contributed by atoms with Gasteiger partial charge in [-0.25, -0.2) is 0 Å². The lowest BCUT2D eigenvalue weighted by molar-refractivity contribution is -0.152. The van der Waals surface area contributed by atoms with E-state index in [1.54, 1.807) is 42.5 Å². The molecule has 0 saturated heterocycles. The quantitative estimate of drug-likeness (QED) is 0.521. The minimum absolute atomic E-state index is 0.131. The second-order valence-corrected chi connectivity index (χ2v) is 6.17. The molecular formula is C21H22N2O6. The average Bonchev–Trinajstić information content (AvgIpc) is 2.72. The van der Waals surface area contributed by atoms with E-state index in [0.29, 0.717) is 22.6 Å². The first-order chi connectivity index (χ1) is 13.8. The molecule has 0 aliphatic rings. The highest BCUT2D eigenvalue weighted by Gasteiger charge is 2.19. The van der Waals surface area contributed by atoms with Crippen LogP contribution in [0.3, 0.4) is 0 Å². The third-order valence-electron chi connectivity index (χ3n) is 3.96. The maximum Gasteiger partial charge on any atom is 0.326 e. The molecule has 8 heteroatoms. The Morgan fingerprint density at radius 3 is 2.31 bits per heavy atom. The van der Waals surface area contributed by atoms with Gasteiger partial charge in [-0.3, -0.25) is 19.2 Å². The summed E-state index contributed by atoms with van der Waals surface area (Å²) >= 11 is 0. The molecule has 0 aliphatic carbocycles. The monoisotopic (exact) mass is 398 g/mol. The van der Waals surface area contributed by atoms with E-state index < -0.39 is 23.9 Å². The van der Waals surface area contributed by atoms with Crippen LogP contribution in [0.5, 0.6) is 5.75 Å². The Labute approximate surface area is 168 Å². The van der Waals surface area contributed by atoms with Crippen LogP contribution in [0.2, 0.25) is 0 Å². The summed E-state index contributed by atoms with van der Waals surface area (Å²) in [5.74, 6) is -1.29. The van der Waals surface area contributed by atoms with Gasteiger partial charge in [0.25, 0.3) is 11.8 Å². The van der Waals surface area contributed by atoms with E-state index in [1.807, 2.05) is 0 Å². The molecule has 2 aromatic rings. The molecular weight excluding hydrogens is 376 g/mol. The maximum absolute atomic E-state index is 12.2. The van der Waals surface area contributed by atoms with Gasteiger partial charge in [0.05, 0.1) is 7.11 Å². The highest BCUT2D eigenvalue weighted by molar-refractivity contribution is 5.99. The Balaban J connectivity index is 1.83. The first kappa shape index (κ1) is 21.6. The van der Waals surface area contributed by atoms with Crippen molar-refractivity contribution in [1.29, 1.82) is 0 Å². The zero-order chi connectivity index (χ0) is 21.4. The van der Waals surface area contributed by atoms with Crippen LogP contribution in [0.25, 0.3) is 0 Å². The number of nitrogens with one attached hydrogen (secondary N) is 2. The van der Waals surface area contributed by atoms with Gasteiger partial charge in [-0.1, -0.05) is 12.1 Å². The normalized spacial score (nSPS) is 11.1. The van der Waals surface area contributed by atoms with E-state index in [4.69, 9.17) is 9.47 Å². The summed E-state index contributed by atoms with van der Waals surface area (Å²) in [7, 11) is 1.52. The van der Waals surface area contributed by atoms with Gasteiger partial charge < -0.3 is 20.1 Å². The Hall–Kier alpha value is -3.68. The van der Waals surface area contributed by atoms with E-state index in [1.165, 1.54) is 27.0 Å². The third-order valence-corrected chi connectivity index (χ3v) is 3.96. The Morgan fingerprint density at radius 2 is 1.69 bits per heavy atom. The molecule has 0 saturated carbocycles. The van der Waals surface area contributed by atoms with Crippen LogP contribution in [0.4, 0.5) is 5.69 Å². The highest BCUT2D eigenvalue weighted by atomic mass is 16.5. The number of benzene rings is 2. The van der Waals surface area contributed by atoms with Gasteiger partial charge in [0.15, 0.2) is 11.9 Å². The molecule has 8 nitrogen and oxygen atoms in total. The van der Waals surface area contributed by atoms with E-state index in [0.717, 1.165) is 0 Å². The molecule has 0 spiro atoms. The van der Waals surface area contributed by atoms with Crippen LogP contribution in [0, 0.1) is 0 Å². The van der Waals surface area contributed by atoms with Gasteiger partial charge >= 0.3 is 5.97 Å². The van der Waals surface area contributed by atoms with Gasteiger partial charge in [0.1, 0.15) is 12.3 Å². The minimum Gasteiger partial charge on any atom is -0.497 e. The molecule has 2 aromatic carbocycles. The van der Waals surface area contributed by atoms with Crippen molar-refractivity contribution in [3.05, 3.63) is 59.7 Å². The zero-order valence-electron chi connectivity index (χ0n) is 16.4. The highest BCUT2D eigenvalue weighted by Crippen LogP contribution is 2.12. The van der Waals surface area contributed by atoms with Crippen LogP contribution in [0.1, 0.15) is 34.6 Å². The van der Waals surface area contributed by atoms with E-state index in [2.05, 4.69) is 10.6 Å². The van der Waals surface area contributed by atoms with Crippen molar-refractivity contribution in [3.63, 3.8) is 0 Å². The fourth-order valence-corrected chi connectivity index (χ4v) is 2.35. The second kappa shape index (κ2) is 10.0. The van der Waals surface area contributed by atoms with Gasteiger partial charge in [0.2, 0.25) is 0 Å². The third kappa shape index (κ3) is 6.46. The predicted octanol–water partition coefficient (Wildman–Crippen LogP) is 2.20. The molecule has 152 valence electrons. The predicted molar refractivity (Wildman–Crippen MR) is 106 cm³/mol. The van der Waals surface area contributed by atoms with Gasteiger partial charge in [-0.15, -0.1) is 0 Å². The number of esters is 1. The molecule has 0 aromatic heterocycles. The fraction of sp³-hybridized carbons (Fsp3) is 0.238. The molecule has 1 atom stereocenters. The van der Waals surface area contributed by atoms with Crippen molar-refractivity contribution in [2.24, 2.45) is 0 Å². The molecule has 0 fully saturated rings. The van der Waals surface area contributed by atoms with E-state index in [-0.39, 0.29) is 12.3 Å². The fourth-order valence-electron chi connectivity index (χ4n) is 2.35. The smallest absolute Gasteiger partial charge is 0.326 e. The Kier molecular flexibility index (Phi) is 7.47. The number of ketones is 1. The molecule has 0 bridgehead atoms. The number of hydrogen-bond acceptors (Lipinski definition) is 6. The molecule has 2 N–H and O–H groups in total. The number of carbonyl (C=O) groups is 4. The van der Waals surface area contributed by atoms with E-state index in [9.17, 15) is 19.2 Å². The summed E-state index contributed by atoms with van der Waals surface area (Å²) < 4.78 is 10.0. The van der Waals surface area contributed by atoms with Crippen LogP contribution in [0.15, 0.2) is 48.5 Å². The molecule has 0 radical (unpaired) electrons. The lowest BCUT2D eigenvalue weighted by Crippen LogP contribution is -2.35. The summed E-state index contributed by atoms with van der Waals surface area (Å²) in [6.45, 7) is 2.45. The van der Waals surface area contributed by atoms with Crippen molar-refractivity contribution < 1.29 is 28.7 Å². The Morgan fingerprint density at radius 1 is 1.00 bits per heavy atom.